The van der Waals surface area contributed by atoms with Gasteiger partial charge >= 0.3 is 6.36 Å². The van der Waals surface area contributed by atoms with Crippen molar-refractivity contribution in [2.75, 3.05) is 0 Å². The van der Waals surface area contributed by atoms with Gasteiger partial charge in [0.2, 0.25) is 0 Å². The van der Waals surface area contributed by atoms with Crippen LogP contribution in [0.25, 0.3) is 0 Å². The highest BCUT2D eigenvalue weighted by Gasteiger charge is 2.34. The molecule has 0 aliphatic rings. The van der Waals surface area contributed by atoms with Gasteiger partial charge in [-0.3, -0.25) is 0 Å². The SMILES string of the molecule is Fc1cc(OC(F)(F)F)c(C(F)F)cc1F. The molecule has 0 amide bonds. The smallest absolute Gasteiger partial charge is 0.405 e. The first-order chi connectivity index (χ1) is 7.20. The van der Waals surface area contributed by atoms with Gasteiger partial charge in [-0.15, -0.1) is 13.2 Å². The second kappa shape index (κ2) is 4.18. The Morgan fingerprint density at radius 2 is 1.50 bits per heavy atom. The molecule has 1 nitrogen and oxygen atoms in total. The lowest BCUT2D eigenvalue weighted by Crippen LogP contribution is -2.18. The maximum absolute atomic E-state index is 12.5. The van der Waals surface area contributed by atoms with Gasteiger partial charge in [-0.2, -0.15) is 0 Å². The van der Waals surface area contributed by atoms with Crippen LogP contribution in [-0.2, 0) is 0 Å². The van der Waals surface area contributed by atoms with E-state index in [1.807, 2.05) is 0 Å². The highest BCUT2D eigenvalue weighted by atomic mass is 19.4. The maximum Gasteiger partial charge on any atom is 0.573 e. The van der Waals surface area contributed by atoms with Crippen LogP contribution in [0.15, 0.2) is 12.1 Å². The summed E-state index contributed by atoms with van der Waals surface area (Å²) in [5.74, 6) is -4.84. The fraction of sp³-hybridized carbons (Fsp3) is 0.250. The largest absolute Gasteiger partial charge is 0.573 e. The first-order valence-electron chi connectivity index (χ1n) is 3.73. The zero-order chi connectivity index (χ0) is 12.5. The predicted octanol–water partition coefficient (Wildman–Crippen LogP) is 3.80. The van der Waals surface area contributed by atoms with Crippen molar-refractivity contribution in [2.24, 2.45) is 0 Å². The van der Waals surface area contributed by atoms with Crippen LogP contribution in [-0.4, -0.2) is 6.36 Å². The highest BCUT2D eigenvalue weighted by Crippen LogP contribution is 2.34. The molecule has 0 bridgehead atoms. The number of halogens is 7. The van der Waals surface area contributed by atoms with E-state index >= 15 is 0 Å². The molecule has 0 saturated carbocycles. The predicted molar refractivity (Wildman–Crippen MR) is 38.0 cm³/mol. The Hall–Kier alpha value is -1.47. The standard InChI is InChI=1S/C8H3F7O/c9-4-1-3(7(11)12)6(2-5(4)10)16-8(13,14)15/h1-2,7H. The van der Waals surface area contributed by atoms with E-state index in [1.54, 1.807) is 0 Å². The van der Waals surface area contributed by atoms with E-state index < -0.39 is 35.7 Å². The molecule has 1 rings (SSSR count). The molecule has 1 aromatic carbocycles. The molecule has 0 N–H and O–H groups in total. The fourth-order valence-electron chi connectivity index (χ4n) is 0.928. The number of ether oxygens (including phenoxy) is 1. The van der Waals surface area contributed by atoms with Crippen LogP contribution in [0.3, 0.4) is 0 Å². The van der Waals surface area contributed by atoms with Gasteiger partial charge in [-0.25, -0.2) is 17.6 Å². The summed E-state index contributed by atoms with van der Waals surface area (Å²) in [5, 5.41) is 0. The summed E-state index contributed by atoms with van der Waals surface area (Å²) in [5.41, 5.74) is -1.36. The van der Waals surface area contributed by atoms with Gasteiger partial charge < -0.3 is 4.74 Å². The van der Waals surface area contributed by atoms with Crippen molar-refractivity contribution >= 4 is 0 Å². The number of alkyl halides is 5. The Kier molecular flexibility index (Phi) is 3.30. The van der Waals surface area contributed by atoms with E-state index in [0.717, 1.165) is 0 Å². The summed E-state index contributed by atoms with van der Waals surface area (Å²) in [6.07, 6.45) is -8.67. The first kappa shape index (κ1) is 12.6. The average Bonchev–Trinajstić information content (AvgIpc) is 2.07. The summed E-state index contributed by atoms with van der Waals surface area (Å²) < 4.78 is 87.7. The van der Waals surface area contributed by atoms with Crippen LogP contribution in [0.5, 0.6) is 5.75 Å². The van der Waals surface area contributed by atoms with Crippen molar-refractivity contribution in [2.45, 2.75) is 12.8 Å². The molecule has 0 radical (unpaired) electrons. The molecule has 0 atom stereocenters. The zero-order valence-electron chi connectivity index (χ0n) is 7.29. The molecule has 0 fully saturated rings. The molecule has 8 heteroatoms. The molecule has 0 aliphatic heterocycles. The molecule has 0 unspecified atom stereocenters. The summed E-state index contributed by atoms with van der Waals surface area (Å²) >= 11 is 0. The van der Waals surface area contributed by atoms with Crippen molar-refractivity contribution in [1.82, 2.24) is 0 Å². The highest BCUT2D eigenvalue weighted by molar-refractivity contribution is 5.35. The van der Waals surface area contributed by atoms with Crippen LogP contribution in [0, 0.1) is 11.6 Å². The van der Waals surface area contributed by atoms with Crippen LogP contribution < -0.4 is 4.74 Å². The van der Waals surface area contributed by atoms with Crippen LogP contribution in [0.2, 0.25) is 0 Å². The maximum atomic E-state index is 12.5. The van der Waals surface area contributed by atoms with Gasteiger partial charge in [-0.1, -0.05) is 0 Å². The third-order valence-electron chi connectivity index (χ3n) is 1.51. The van der Waals surface area contributed by atoms with E-state index in [4.69, 9.17) is 0 Å². The monoisotopic (exact) mass is 248 g/mol. The molecule has 0 heterocycles. The lowest BCUT2D eigenvalue weighted by atomic mass is 10.2. The number of hydrogen-bond donors (Lipinski definition) is 0. The molecule has 0 aromatic heterocycles. The van der Waals surface area contributed by atoms with E-state index in [-0.39, 0.29) is 12.1 Å². The van der Waals surface area contributed by atoms with Crippen molar-refractivity contribution < 1.29 is 35.5 Å². The van der Waals surface area contributed by atoms with Crippen LogP contribution in [0.4, 0.5) is 30.7 Å². The van der Waals surface area contributed by atoms with Gasteiger partial charge in [0.1, 0.15) is 5.75 Å². The number of benzene rings is 1. The summed E-state index contributed by atoms with van der Waals surface area (Å²) in [7, 11) is 0. The van der Waals surface area contributed by atoms with Crippen LogP contribution in [0.1, 0.15) is 12.0 Å². The second-order valence-corrected chi connectivity index (χ2v) is 2.65. The van der Waals surface area contributed by atoms with Crippen molar-refractivity contribution in [1.29, 1.82) is 0 Å². The molecule has 1 aromatic rings. The molecule has 0 aliphatic carbocycles. The zero-order valence-corrected chi connectivity index (χ0v) is 7.29. The van der Waals surface area contributed by atoms with Gasteiger partial charge in [0.25, 0.3) is 6.43 Å². The molecule has 0 spiro atoms. The van der Waals surface area contributed by atoms with Crippen LogP contribution >= 0.6 is 0 Å². The molecule has 16 heavy (non-hydrogen) atoms. The van der Waals surface area contributed by atoms with Crippen molar-refractivity contribution in [3.8, 4) is 5.75 Å². The van der Waals surface area contributed by atoms with Gasteiger partial charge in [0, 0.05) is 6.07 Å². The van der Waals surface area contributed by atoms with E-state index in [1.165, 1.54) is 0 Å². The van der Waals surface area contributed by atoms with E-state index in [0.29, 0.717) is 0 Å². The topological polar surface area (TPSA) is 9.23 Å². The minimum Gasteiger partial charge on any atom is -0.405 e. The Labute approximate surface area is 84.4 Å². The fourth-order valence-corrected chi connectivity index (χ4v) is 0.928. The average molecular weight is 248 g/mol. The number of hydrogen-bond acceptors (Lipinski definition) is 1. The van der Waals surface area contributed by atoms with Gasteiger partial charge in [0.05, 0.1) is 5.56 Å². The van der Waals surface area contributed by atoms with Crippen molar-refractivity contribution in [3.05, 3.63) is 29.3 Å². The van der Waals surface area contributed by atoms with Gasteiger partial charge in [-0.05, 0) is 6.07 Å². The molecular weight excluding hydrogens is 245 g/mol. The van der Waals surface area contributed by atoms with E-state index in [2.05, 4.69) is 4.74 Å². The Bertz CT molecular complexity index is 385. The lowest BCUT2D eigenvalue weighted by molar-refractivity contribution is -0.275. The Morgan fingerprint density at radius 1 is 1.00 bits per heavy atom. The second-order valence-electron chi connectivity index (χ2n) is 2.65. The van der Waals surface area contributed by atoms with Crippen molar-refractivity contribution in [3.63, 3.8) is 0 Å². The normalized spacial score (nSPS) is 12.0. The summed E-state index contributed by atoms with van der Waals surface area (Å²) in [6.45, 7) is 0. The third-order valence-corrected chi connectivity index (χ3v) is 1.51. The lowest BCUT2D eigenvalue weighted by Gasteiger charge is -2.13. The van der Waals surface area contributed by atoms with Gasteiger partial charge in [0.15, 0.2) is 11.6 Å². The third kappa shape index (κ3) is 3.01. The minimum absolute atomic E-state index is 0.0406. The van der Waals surface area contributed by atoms with E-state index in [9.17, 15) is 30.7 Å². The first-order valence-corrected chi connectivity index (χ1v) is 3.73. The summed E-state index contributed by atoms with van der Waals surface area (Å²) in [4.78, 5) is 0. The molecule has 0 saturated heterocycles. The quantitative estimate of drug-likeness (QED) is 0.723. The number of rotatable bonds is 2. The minimum atomic E-state index is -5.26. The summed E-state index contributed by atoms with van der Waals surface area (Å²) in [6, 6.07) is -0.120. The molecule has 90 valence electrons. The Morgan fingerprint density at radius 3 is 1.94 bits per heavy atom. The Balaban J connectivity index is 3.20. The molecular formula is C8H3F7O.